The molecule has 1 heterocycles. The SMILES string of the molecule is C=CCc1ccccc1OCC(O)CNC(c1cccc(F)c1)c1nccn1C.Cl. The van der Waals surface area contributed by atoms with Gasteiger partial charge in [0.15, 0.2) is 0 Å². The first-order chi connectivity index (χ1) is 14.1. The van der Waals surface area contributed by atoms with E-state index in [2.05, 4.69) is 16.9 Å². The third kappa shape index (κ3) is 6.16. The van der Waals surface area contributed by atoms with Crippen molar-refractivity contribution in [3.05, 3.63) is 96.3 Å². The van der Waals surface area contributed by atoms with Gasteiger partial charge in [-0.3, -0.25) is 0 Å². The molecule has 2 atom stereocenters. The molecule has 0 saturated heterocycles. The van der Waals surface area contributed by atoms with Crippen molar-refractivity contribution in [3.63, 3.8) is 0 Å². The highest BCUT2D eigenvalue weighted by Crippen LogP contribution is 2.22. The molecule has 5 nitrogen and oxygen atoms in total. The fourth-order valence-electron chi connectivity index (χ4n) is 3.17. The lowest BCUT2D eigenvalue weighted by atomic mass is 10.1. The fourth-order valence-corrected chi connectivity index (χ4v) is 3.17. The predicted octanol–water partition coefficient (Wildman–Crippen LogP) is 3.83. The molecule has 2 aromatic carbocycles. The van der Waals surface area contributed by atoms with E-state index in [0.717, 1.165) is 22.7 Å². The molecule has 0 amide bonds. The molecule has 0 aliphatic rings. The van der Waals surface area contributed by atoms with Crippen LogP contribution in [0.1, 0.15) is 23.0 Å². The lowest BCUT2D eigenvalue weighted by Gasteiger charge is -2.21. The fraction of sp³-hybridized carbons (Fsp3) is 0.261. The molecule has 2 N–H and O–H groups in total. The monoisotopic (exact) mass is 431 g/mol. The minimum absolute atomic E-state index is 0. The number of imidazole rings is 1. The summed E-state index contributed by atoms with van der Waals surface area (Å²) in [6.07, 6.45) is 5.30. The van der Waals surface area contributed by atoms with Crippen LogP contribution < -0.4 is 10.1 Å². The summed E-state index contributed by atoms with van der Waals surface area (Å²) in [5.74, 6) is 1.16. The topological polar surface area (TPSA) is 59.3 Å². The summed E-state index contributed by atoms with van der Waals surface area (Å²) in [4.78, 5) is 4.38. The lowest BCUT2D eigenvalue weighted by molar-refractivity contribution is 0.104. The molecule has 3 rings (SSSR count). The van der Waals surface area contributed by atoms with Gasteiger partial charge >= 0.3 is 0 Å². The molecule has 2 unspecified atom stereocenters. The first kappa shape index (κ1) is 23.6. The first-order valence-corrected chi connectivity index (χ1v) is 9.54. The van der Waals surface area contributed by atoms with E-state index in [4.69, 9.17) is 4.74 Å². The zero-order valence-corrected chi connectivity index (χ0v) is 17.7. The third-order valence-corrected chi connectivity index (χ3v) is 4.62. The number of rotatable bonds is 10. The molecule has 0 fully saturated rings. The summed E-state index contributed by atoms with van der Waals surface area (Å²) in [6.45, 7) is 4.16. The molecule has 0 bridgehead atoms. The van der Waals surface area contributed by atoms with Crippen LogP contribution in [0.5, 0.6) is 5.75 Å². The van der Waals surface area contributed by atoms with Gasteiger partial charge in [0.2, 0.25) is 0 Å². The number of aromatic nitrogens is 2. The second kappa shape index (κ2) is 11.5. The molecule has 0 radical (unpaired) electrons. The van der Waals surface area contributed by atoms with Gasteiger partial charge in [0.1, 0.15) is 30.1 Å². The van der Waals surface area contributed by atoms with Gasteiger partial charge in [0, 0.05) is 26.0 Å². The van der Waals surface area contributed by atoms with Crippen LogP contribution in [0.15, 0.2) is 73.6 Å². The van der Waals surface area contributed by atoms with E-state index < -0.39 is 6.10 Å². The van der Waals surface area contributed by atoms with E-state index in [1.54, 1.807) is 12.3 Å². The number of aryl methyl sites for hydroxylation is 1. The van der Waals surface area contributed by atoms with Crippen molar-refractivity contribution in [3.8, 4) is 5.75 Å². The van der Waals surface area contributed by atoms with Gasteiger partial charge in [-0.1, -0.05) is 36.4 Å². The van der Waals surface area contributed by atoms with Crippen LogP contribution >= 0.6 is 12.4 Å². The van der Waals surface area contributed by atoms with Gasteiger partial charge in [0.05, 0.1) is 6.04 Å². The van der Waals surface area contributed by atoms with Crippen molar-refractivity contribution in [2.24, 2.45) is 7.05 Å². The summed E-state index contributed by atoms with van der Waals surface area (Å²) in [5, 5.41) is 13.7. The molecule has 7 heteroatoms. The Morgan fingerprint density at radius 3 is 2.77 bits per heavy atom. The number of hydrogen-bond donors (Lipinski definition) is 2. The van der Waals surface area contributed by atoms with E-state index in [9.17, 15) is 9.50 Å². The average molecular weight is 432 g/mol. The van der Waals surface area contributed by atoms with Crippen molar-refractivity contribution in [1.82, 2.24) is 14.9 Å². The van der Waals surface area contributed by atoms with Crippen LogP contribution in [0.25, 0.3) is 0 Å². The number of ether oxygens (including phenoxy) is 1. The number of nitrogens with zero attached hydrogens (tertiary/aromatic N) is 2. The van der Waals surface area contributed by atoms with Gasteiger partial charge < -0.3 is 19.7 Å². The molecule has 160 valence electrons. The van der Waals surface area contributed by atoms with E-state index in [0.29, 0.717) is 6.42 Å². The Labute approximate surface area is 182 Å². The number of aliphatic hydroxyl groups excluding tert-OH is 1. The summed E-state index contributed by atoms with van der Waals surface area (Å²) < 4.78 is 21.4. The number of nitrogens with one attached hydrogen (secondary N) is 1. The van der Waals surface area contributed by atoms with Crippen LogP contribution in [0.4, 0.5) is 4.39 Å². The predicted molar refractivity (Wildman–Crippen MR) is 119 cm³/mol. The Morgan fingerprint density at radius 2 is 2.07 bits per heavy atom. The highest BCUT2D eigenvalue weighted by Gasteiger charge is 2.20. The third-order valence-electron chi connectivity index (χ3n) is 4.62. The molecule has 3 aromatic rings. The van der Waals surface area contributed by atoms with E-state index in [1.807, 2.05) is 54.2 Å². The average Bonchev–Trinajstić information content (AvgIpc) is 3.13. The van der Waals surface area contributed by atoms with Gasteiger partial charge in [-0.2, -0.15) is 0 Å². The molecule has 0 aliphatic heterocycles. The summed E-state index contributed by atoms with van der Waals surface area (Å²) in [5.41, 5.74) is 1.76. The summed E-state index contributed by atoms with van der Waals surface area (Å²) in [7, 11) is 1.88. The van der Waals surface area contributed by atoms with Gasteiger partial charge in [-0.25, -0.2) is 9.37 Å². The first-order valence-electron chi connectivity index (χ1n) is 9.54. The Balaban J connectivity index is 0.00000320. The van der Waals surface area contributed by atoms with Crippen LogP contribution in [0, 0.1) is 5.82 Å². The van der Waals surface area contributed by atoms with Crippen LogP contribution in [-0.2, 0) is 13.5 Å². The quantitative estimate of drug-likeness (QED) is 0.479. The van der Waals surface area contributed by atoms with Gasteiger partial charge in [0.25, 0.3) is 0 Å². The van der Waals surface area contributed by atoms with Crippen molar-refractivity contribution in [1.29, 1.82) is 0 Å². The second-order valence-corrected chi connectivity index (χ2v) is 6.86. The van der Waals surface area contributed by atoms with E-state index in [1.165, 1.54) is 12.1 Å². The van der Waals surface area contributed by atoms with E-state index >= 15 is 0 Å². The smallest absolute Gasteiger partial charge is 0.130 e. The highest BCUT2D eigenvalue weighted by atomic mass is 35.5. The minimum atomic E-state index is -0.747. The standard InChI is InChI=1S/C23H26FN3O2.ClH/c1-3-7-17-8-4-5-11-21(17)29-16-20(28)15-26-22(23-25-12-13-27(23)2)18-9-6-10-19(24)14-18;/h3-6,8-14,20,22,26,28H,1,7,15-16H2,2H3;1H. The van der Waals surface area contributed by atoms with Gasteiger partial charge in [-0.15, -0.1) is 19.0 Å². The number of halogens is 2. The van der Waals surface area contributed by atoms with Crippen LogP contribution in [-0.4, -0.2) is 33.9 Å². The number of para-hydroxylation sites is 1. The second-order valence-electron chi connectivity index (χ2n) is 6.86. The number of aliphatic hydroxyl groups is 1. The normalized spacial score (nSPS) is 12.6. The largest absolute Gasteiger partial charge is 0.491 e. The van der Waals surface area contributed by atoms with Crippen LogP contribution in [0.2, 0.25) is 0 Å². The molecule has 0 aliphatic carbocycles. The maximum absolute atomic E-state index is 13.7. The number of benzene rings is 2. The zero-order valence-electron chi connectivity index (χ0n) is 16.9. The van der Waals surface area contributed by atoms with E-state index in [-0.39, 0.29) is 37.4 Å². The molecular formula is C23H27ClFN3O2. The van der Waals surface area contributed by atoms with Gasteiger partial charge in [-0.05, 0) is 35.7 Å². The minimum Gasteiger partial charge on any atom is -0.491 e. The number of allylic oxidation sites excluding steroid dienone is 1. The maximum atomic E-state index is 13.7. The Kier molecular flexibility index (Phi) is 9.05. The molecule has 0 saturated carbocycles. The van der Waals surface area contributed by atoms with Crippen molar-refractivity contribution >= 4 is 12.4 Å². The Hall–Kier alpha value is -2.67. The zero-order chi connectivity index (χ0) is 20.6. The highest BCUT2D eigenvalue weighted by molar-refractivity contribution is 5.85. The molecule has 1 aromatic heterocycles. The van der Waals surface area contributed by atoms with Crippen LogP contribution in [0.3, 0.4) is 0 Å². The van der Waals surface area contributed by atoms with Crippen molar-refractivity contribution in [2.45, 2.75) is 18.6 Å². The Bertz CT molecular complexity index is 947. The maximum Gasteiger partial charge on any atom is 0.130 e. The lowest BCUT2D eigenvalue weighted by Crippen LogP contribution is -2.35. The van der Waals surface area contributed by atoms with Crippen molar-refractivity contribution in [2.75, 3.05) is 13.2 Å². The molecular weight excluding hydrogens is 405 g/mol. The Morgan fingerprint density at radius 1 is 1.27 bits per heavy atom. The van der Waals surface area contributed by atoms with Crippen molar-refractivity contribution < 1.29 is 14.2 Å². The number of hydrogen-bond acceptors (Lipinski definition) is 4. The molecule has 0 spiro atoms. The molecule has 30 heavy (non-hydrogen) atoms. The summed E-state index contributed by atoms with van der Waals surface area (Å²) in [6, 6.07) is 13.7. The summed E-state index contributed by atoms with van der Waals surface area (Å²) >= 11 is 0.